The lowest BCUT2D eigenvalue weighted by Gasteiger charge is -2.42. The van der Waals surface area contributed by atoms with Crippen LogP contribution in [0.15, 0.2) is 64.4 Å². The van der Waals surface area contributed by atoms with Crippen LogP contribution in [0.3, 0.4) is 0 Å². The van der Waals surface area contributed by atoms with E-state index in [2.05, 4.69) is 0 Å². The van der Waals surface area contributed by atoms with Crippen molar-refractivity contribution in [3.8, 4) is 0 Å². The van der Waals surface area contributed by atoms with Crippen molar-refractivity contribution in [3.63, 3.8) is 0 Å². The first-order chi connectivity index (χ1) is 13.2. The van der Waals surface area contributed by atoms with Gasteiger partial charge in [-0.25, -0.2) is 9.59 Å². The lowest BCUT2D eigenvalue weighted by Crippen LogP contribution is -2.47. The molecule has 0 fully saturated rings. The van der Waals surface area contributed by atoms with Crippen LogP contribution in [0.5, 0.6) is 0 Å². The molecule has 3 heterocycles. The van der Waals surface area contributed by atoms with Gasteiger partial charge in [-0.1, -0.05) is 24.3 Å². The summed E-state index contributed by atoms with van der Waals surface area (Å²) in [6, 6.07) is 10.9. The first-order valence-corrected chi connectivity index (χ1v) is 8.32. The van der Waals surface area contributed by atoms with Crippen LogP contribution in [0.1, 0.15) is 17.4 Å². The average Bonchev–Trinajstić information content (AvgIpc) is 3.25. The van der Waals surface area contributed by atoms with E-state index in [1.165, 1.54) is 20.5 Å². The van der Waals surface area contributed by atoms with Crippen molar-refractivity contribution in [1.29, 1.82) is 0 Å². The molecule has 0 spiro atoms. The molecule has 0 N–H and O–H groups in total. The van der Waals surface area contributed by atoms with Crippen LogP contribution in [0.2, 0.25) is 0 Å². The second-order valence-electron chi connectivity index (χ2n) is 5.96. The van der Waals surface area contributed by atoms with Gasteiger partial charge in [0, 0.05) is 0 Å². The predicted molar refractivity (Wildman–Crippen MR) is 95.3 cm³/mol. The summed E-state index contributed by atoms with van der Waals surface area (Å²) in [4.78, 5) is 27.0. The van der Waals surface area contributed by atoms with E-state index in [1.807, 2.05) is 36.4 Å². The zero-order valence-corrected chi connectivity index (χ0v) is 14.7. The molecule has 7 nitrogen and oxygen atoms in total. The first kappa shape index (κ1) is 17.1. The molecule has 0 saturated carbocycles. The Morgan fingerprint density at radius 1 is 1.04 bits per heavy atom. The number of benzene rings is 1. The molecule has 0 saturated heterocycles. The highest BCUT2D eigenvalue weighted by Crippen LogP contribution is 2.43. The van der Waals surface area contributed by atoms with Gasteiger partial charge in [-0.2, -0.15) is 0 Å². The SMILES string of the molecule is COC(=O)C1=C(C(=O)OC)N2c3ccccc3C=C[C@@H]2O[C@@H]1c1ccco1. The Morgan fingerprint density at radius 3 is 2.52 bits per heavy atom. The van der Waals surface area contributed by atoms with Crippen LogP contribution in [-0.2, 0) is 23.8 Å². The number of rotatable bonds is 3. The molecule has 0 aliphatic carbocycles. The number of esters is 2. The number of carbonyl (C=O) groups excluding carboxylic acids is 2. The van der Waals surface area contributed by atoms with E-state index in [9.17, 15) is 9.59 Å². The summed E-state index contributed by atoms with van der Waals surface area (Å²) < 4.78 is 21.5. The Morgan fingerprint density at radius 2 is 1.81 bits per heavy atom. The number of para-hydroxylation sites is 1. The highest BCUT2D eigenvalue weighted by atomic mass is 16.6. The van der Waals surface area contributed by atoms with Gasteiger partial charge in [0.05, 0.1) is 26.2 Å². The molecule has 27 heavy (non-hydrogen) atoms. The maximum atomic E-state index is 12.7. The van der Waals surface area contributed by atoms with Gasteiger partial charge >= 0.3 is 11.9 Å². The highest BCUT2D eigenvalue weighted by Gasteiger charge is 2.45. The van der Waals surface area contributed by atoms with Gasteiger partial charge in [-0.05, 0) is 29.8 Å². The van der Waals surface area contributed by atoms with Crippen LogP contribution >= 0.6 is 0 Å². The van der Waals surface area contributed by atoms with Crippen molar-refractivity contribution < 1.29 is 28.2 Å². The van der Waals surface area contributed by atoms with E-state index in [0.29, 0.717) is 5.76 Å². The molecule has 138 valence electrons. The van der Waals surface area contributed by atoms with Gasteiger partial charge < -0.3 is 23.5 Å². The van der Waals surface area contributed by atoms with Crippen molar-refractivity contribution in [2.24, 2.45) is 0 Å². The van der Waals surface area contributed by atoms with Crippen molar-refractivity contribution in [3.05, 3.63) is 71.3 Å². The fourth-order valence-corrected chi connectivity index (χ4v) is 3.34. The monoisotopic (exact) mass is 367 g/mol. The van der Waals surface area contributed by atoms with E-state index in [-0.39, 0.29) is 11.3 Å². The topological polar surface area (TPSA) is 78.2 Å². The smallest absolute Gasteiger partial charge is 0.355 e. The van der Waals surface area contributed by atoms with Gasteiger partial charge in [0.1, 0.15) is 17.0 Å². The van der Waals surface area contributed by atoms with Crippen LogP contribution in [0.25, 0.3) is 6.08 Å². The third kappa shape index (κ3) is 2.72. The van der Waals surface area contributed by atoms with Gasteiger partial charge in [0.15, 0.2) is 12.3 Å². The molecule has 1 aromatic carbocycles. The predicted octanol–water partition coefficient (Wildman–Crippen LogP) is 2.81. The normalized spacial score (nSPS) is 20.7. The third-order valence-electron chi connectivity index (χ3n) is 4.51. The Bertz CT molecular complexity index is 943. The molecule has 7 heteroatoms. The molecule has 2 aromatic rings. The van der Waals surface area contributed by atoms with Gasteiger partial charge in [-0.15, -0.1) is 0 Å². The number of hydrogen-bond acceptors (Lipinski definition) is 7. The number of fused-ring (bicyclic) bond motifs is 3. The molecule has 1 aromatic heterocycles. The standard InChI is InChI=1S/C20H17NO6/c1-24-19(22)16-17(20(23)25-2)21-13-7-4-3-6-12(13)9-10-15(21)27-18(16)14-8-5-11-26-14/h3-11,15,18H,1-2H3/t15-,18+/m0/s1. The molecule has 2 aliphatic heterocycles. The number of ether oxygens (including phenoxy) is 3. The van der Waals surface area contributed by atoms with Crippen molar-refractivity contribution in [2.75, 3.05) is 19.1 Å². The van der Waals surface area contributed by atoms with Crippen LogP contribution in [0.4, 0.5) is 5.69 Å². The van der Waals surface area contributed by atoms with E-state index < -0.39 is 24.3 Å². The zero-order chi connectivity index (χ0) is 19.0. The quantitative estimate of drug-likeness (QED) is 0.772. The third-order valence-corrected chi connectivity index (χ3v) is 4.51. The number of anilines is 1. The number of methoxy groups -OCH3 is 2. The minimum absolute atomic E-state index is 0.0284. The average molecular weight is 367 g/mol. The van der Waals surface area contributed by atoms with E-state index in [4.69, 9.17) is 18.6 Å². The second-order valence-corrected chi connectivity index (χ2v) is 5.96. The summed E-state index contributed by atoms with van der Waals surface area (Å²) in [6.07, 6.45) is 3.68. The lowest BCUT2D eigenvalue weighted by atomic mass is 9.97. The summed E-state index contributed by atoms with van der Waals surface area (Å²) in [5.41, 5.74) is 1.71. The molecule has 0 unspecified atom stereocenters. The molecule has 2 aliphatic rings. The summed E-state index contributed by atoms with van der Waals surface area (Å²) in [5, 5.41) is 0. The zero-order valence-electron chi connectivity index (χ0n) is 14.7. The number of carbonyl (C=O) groups is 2. The van der Waals surface area contributed by atoms with Crippen molar-refractivity contribution in [1.82, 2.24) is 0 Å². The molecule has 4 rings (SSSR count). The lowest BCUT2D eigenvalue weighted by molar-refractivity contribution is -0.143. The van der Waals surface area contributed by atoms with Crippen molar-refractivity contribution >= 4 is 23.7 Å². The number of hydrogen-bond donors (Lipinski definition) is 0. The van der Waals surface area contributed by atoms with Crippen molar-refractivity contribution in [2.45, 2.75) is 12.3 Å². The number of nitrogens with zero attached hydrogens (tertiary/aromatic N) is 1. The highest BCUT2D eigenvalue weighted by molar-refractivity contribution is 6.05. The Hall–Kier alpha value is -3.32. The van der Waals surface area contributed by atoms with E-state index in [1.54, 1.807) is 17.0 Å². The van der Waals surface area contributed by atoms with Crippen LogP contribution < -0.4 is 4.90 Å². The second kappa shape index (κ2) is 6.77. The Kier molecular flexibility index (Phi) is 4.29. The van der Waals surface area contributed by atoms with E-state index in [0.717, 1.165) is 11.3 Å². The molecule has 0 radical (unpaired) electrons. The van der Waals surface area contributed by atoms with Gasteiger partial charge in [-0.3, -0.25) is 0 Å². The van der Waals surface area contributed by atoms with Crippen LogP contribution in [0, 0.1) is 0 Å². The van der Waals surface area contributed by atoms with E-state index >= 15 is 0 Å². The van der Waals surface area contributed by atoms with Crippen LogP contribution in [-0.4, -0.2) is 32.4 Å². The minimum Gasteiger partial charge on any atom is -0.466 e. The molecule has 2 atom stereocenters. The Balaban J connectivity index is 1.98. The first-order valence-electron chi connectivity index (χ1n) is 8.32. The molecular formula is C20H17NO6. The Labute approximate surface area is 155 Å². The summed E-state index contributed by atoms with van der Waals surface area (Å²) in [6.45, 7) is 0. The number of furan rings is 1. The largest absolute Gasteiger partial charge is 0.466 e. The molecule has 0 amide bonds. The minimum atomic E-state index is -0.905. The summed E-state index contributed by atoms with van der Waals surface area (Å²) >= 11 is 0. The van der Waals surface area contributed by atoms with Gasteiger partial charge in [0.2, 0.25) is 0 Å². The summed E-state index contributed by atoms with van der Waals surface area (Å²) in [5.74, 6) is -0.962. The molecular weight excluding hydrogens is 350 g/mol. The fourth-order valence-electron chi connectivity index (χ4n) is 3.34. The maximum Gasteiger partial charge on any atom is 0.355 e. The maximum absolute atomic E-state index is 12.7. The summed E-state index contributed by atoms with van der Waals surface area (Å²) in [7, 11) is 2.52. The molecule has 0 bridgehead atoms. The fraction of sp³-hybridized carbons (Fsp3) is 0.200. The van der Waals surface area contributed by atoms with Gasteiger partial charge in [0.25, 0.3) is 0 Å².